The maximum Gasteiger partial charge on any atom is 0.263 e. The highest BCUT2D eigenvalue weighted by Crippen LogP contribution is 2.22. The van der Waals surface area contributed by atoms with Crippen LogP contribution in [0, 0.1) is 13.8 Å². The summed E-state index contributed by atoms with van der Waals surface area (Å²) in [5.74, 6) is 0.506. The predicted molar refractivity (Wildman–Crippen MR) is 108 cm³/mol. The van der Waals surface area contributed by atoms with E-state index in [2.05, 4.69) is 0 Å². The zero-order valence-electron chi connectivity index (χ0n) is 16.5. The van der Waals surface area contributed by atoms with Crippen LogP contribution in [0.4, 0.5) is 0 Å². The summed E-state index contributed by atoms with van der Waals surface area (Å²) in [6.07, 6.45) is -0.620. The van der Waals surface area contributed by atoms with Crippen molar-refractivity contribution >= 4 is 15.9 Å². The molecule has 7 heteroatoms. The summed E-state index contributed by atoms with van der Waals surface area (Å²) in [6, 6.07) is 14.5. The largest absolute Gasteiger partial charge is 0.481 e. The summed E-state index contributed by atoms with van der Waals surface area (Å²) < 4.78 is 33.1. The molecule has 3 rings (SSSR count). The van der Waals surface area contributed by atoms with Crippen molar-refractivity contribution in [3.63, 3.8) is 0 Å². The van der Waals surface area contributed by atoms with Crippen LogP contribution in [-0.4, -0.2) is 55.8 Å². The lowest BCUT2D eigenvalue weighted by atomic mass is 10.2. The van der Waals surface area contributed by atoms with E-state index in [0.717, 1.165) is 11.1 Å². The molecule has 1 saturated heterocycles. The van der Waals surface area contributed by atoms with Crippen LogP contribution in [0.25, 0.3) is 0 Å². The Bertz CT molecular complexity index is 936. The number of hydrogen-bond acceptors (Lipinski definition) is 4. The van der Waals surface area contributed by atoms with Gasteiger partial charge < -0.3 is 9.64 Å². The maximum absolute atomic E-state index is 13.0. The smallest absolute Gasteiger partial charge is 0.263 e. The summed E-state index contributed by atoms with van der Waals surface area (Å²) >= 11 is 0. The Balaban J connectivity index is 1.62. The van der Waals surface area contributed by atoms with Crippen molar-refractivity contribution in [1.82, 2.24) is 9.21 Å². The minimum Gasteiger partial charge on any atom is -0.481 e. The molecule has 1 aliphatic rings. The molecule has 0 radical (unpaired) electrons. The van der Waals surface area contributed by atoms with Crippen LogP contribution in [0.5, 0.6) is 5.75 Å². The van der Waals surface area contributed by atoms with Crippen molar-refractivity contribution in [2.45, 2.75) is 31.8 Å². The van der Waals surface area contributed by atoms with Gasteiger partial charge in [-0.2, -0.15) is 4.31 Å². The molecule has 0 N–H and O–H groups in total. The number of ether oxygens (including phenoxy) is 1. The van der Waals surface area contributed by atoms with Crippen molar-refractivity contribution in [3.05, 3.63) is 59.7 Å². The van der Waals surface area contributed by atoms with Crippen molar-refractivity contribution in [1.29, 1.82) is 0 Å². The predicted octanol–water partition coefficient (Wildman–Crippen LogP) is 2.60. The van der Waals surface area contributed by atoms with Gasteiger partial charge in [0, 0.05) is 26.2 Å². The summed E-state index contributed by atoms with van der Waals surface area (Å²) in [4.78, 5) is 14.7. The van der Waals surface area contributed by atoms with Crippen LogP contribution in [-0.2, 0) is 14.8 Å². The third-order valence-electron chi connectivity index (χ3n) is 4.90. The number of carbonyl (C=O) groups is 1. The number of hydrogen-bond donors (Lipinski definition) is 0. The first-order chi connectivity index (χ1) is 13.3. The van der Waals surface area contributed by atoms with Crippen LogP contribution in [0.15, 0.2) is 53.4 Å². The van der Waals surface area contributed by atoms with Gasteiger partial charge >= 0.3 is 0 Å². The van der Waals surface area contributed by atoms with Gasteiger partial charge in [-0.25, -0.2) is 8.42 Å². The lowest BCUT2D eigenvalue weighted by Gasteiger charge is -2.35. The van der Waals surface area contributed by atoms with Gasteiger partial charge in [0.05, 0.1) is 4.90 Å². The molecule has 0 spiro atoms. The van der Waals surface area contributed by atoms with E-state index in [-0.39, 0.29) is 19.0 Å². The number of nitrogens with zero attached hydrogens (tertiary/aromatic N) is 2. The maximum atomic E-state index is 13.0. The second-order valence-electron chi connectivity index (χ2n) is 7.07. The Hall–Kier alpha value is -2.38. The monoisotopic (exact) mass is 402 g/mol. The molecule has 0 aliphatic carbocycles. The Kier molecular flexibility index (Phi) is 6.05. The highest BCUT2D eigenvalue weighted by molar-refractivity contribution is 7.89. The van der Waals surface area contributed by atoms with Crippen LogP contribution >= 0.6 is 0 Å². The van der Waals surface area contributed by atoms with E-state index in [0.29, 0.717) is 23.7 Å². The van der Waals surface area contributed by atoms with Crippen LogP contribution in [0.3, 0.4) is 0 Å². The van der Waals surface area contributed by atoms with Crippen molar-refractivity contribution in [3.8, 4) is 5.75 Å². The van der Waals surface area contributed by atoms with Crippen molar-refractivity contribution in [2.24, 2.45) is 0 Å². The van der Waals surface area contributed by atoms with Gasteiger partial charge in [0.1, 0.15) is 5.75 Å². The van der Waals surface area contributed by atoms with Gasteiger partial charge in [-0.05, 0) is 44.5 Å². The average Bonchev–Trinajstić information content (AvgIpc) is 2.68. The SMILES string of the molecule is Cc1ccc(S(=O)(=O)N2CCN(C(=O)[C@H](C)Oc3ccccc3)CC2)c(C)c1. The molecule has 1 amide bonds. The quantitative estimate of drug-likeness (QED) is 0.771. The third kappa shape index (κ3) is 4.36. The van der Waals surface area contributed by atoms with Gasteiger partial charge in [-0.3, -0.25) is 4.79 Å². The summed E-state index contributed by atoms with van der Waals surface area (Å²) in [6.45, 7) is 6.72. The van der Waals surface area contributed by atoms with E-state index < -0.39 is 16.1 Å². The number of para-hydroxylation sites is 1. The molecule has 1 atom stereocenters. The summed E-state index contributed by atoms with van der Waals surface area (Å²) in [5, 5.41) is 0. The molecule has 6 nitrogen and oxygen atoms in total. The number of amides is 1. The van der Waals surface area contributed by atoms with Gasteiger partial charge in [0.15, 0.2) is 6.10 Å². The first-order valence-corrected chi connectivity index (χ1v) is 10.8. The average molecular weight is 403 g/mol. The van der Waals surface area contributed by atoms with Gasteiger partial charge in [-0.15, -0.1) is 0 Å². The fourth-order valence-electron chi connectivity index (χ4n) is 3.39. The van der Waals surface area contributed by atoms with Gasteiger partial charge in [0.25, 0.3) is 5.91 Å². The second kappa shape index (κ2) is 8.32. The molecule has 0 unspecified atom stereocenters. The normalized spacial score (nSPS) is 16.6. The molecule has 28 heavy (non-hydrogen) atoms. The van der Waals surface area contributed by atoms with Crippen molar-refractivity contribution < 1.29 is 17.9 Å². The fraction of sp³-hybridized carbons (Fsp3) is 0.381. The summed E-state index contributed by atoms with van der Waals surface area (Å²) in [5.41, 5.74) is 1.77. The molecule has 0 saturated carbocycles. The van der Waals surface area contributed by atoms with E-state index in [1.807, 2.05) is 44.2 Å². The summed E-state index contributed by atoms with van der Waals surface area (Å²) in [7, 11) is -3.56. The number of sulfonamides is 1. The van der Waals surface area contributed by atoms with E-state index in [1.165, 1.54) is 4.31 Å². The van der Waals surface area contributed by atoms with E-state index in [1.54, 1.807) is 30.0 Å². The number of piperazine rings is 1. The minimum absolute atomic E-state index is 0.132. The standard InChI is InChI=1S/C21H26N2O4S/c1-16-9-10-20(17(2)15-16)28(25,26)23-13-11-22(12-14-23)21(24)18(3)27-19-7-5-4-6-8-19/h4-10,15,18H,11-14H2,1-3H3/t18-/m0/s1. The second-order valence-corrected chi connectivity index (χ2v) is 8.98. The molecule has 1 aliphatic heterocycles. The highest BCUT2D eigenvalue weighted by Gasteiger charge is 2.32. The Morgan fingerprint density at radius 2 is 1.64 bits per heavy atom. The van der Waals surface area contributed by atoms with Crippen LogP contribution in [0.1, 0.15) is 18.1 Å². The van der Waals surface area contributed by atoms with Gasteiger partial charge in [-0.1, -0.05) is 35.9 Å². The molecule has 2 aromatic rings. The lowest BCUT2D eigenvalue weighted by Crippen LogP contribution is -2.53. The highest BCUT2D eigenvalue weighted by atomic mass is 32.2. The first-order valence-electron chi connectivity index (χ1n) is 9.37. The Labute approximate surface area is 166 Å². The molecular weight excluding hydrogens is 376 g/mol. The van der Waals surface area contributed by atoms with Crippen molar-refractivity contribution in [2.75, 3.05) is 26.2 Å². The number of carbonyl (C=O) groups excluding carboxylic acids is 1. The number of rotatable bonds is 5. The topological polar surface area (TPSA) is 66.9 Å². The van der Waals surface area contributed by atoms with E-state index in [9.17, 15) is 13.2 Å². The minimum atomic E-state index is -3.56. The molecule has 1 fully saturated rings. The zero-order valence-corrected chi connectivity index (χ0v) is 17.3. The molecule has 0 aromatic heterocycles. The Morgan fingerprint density at radius 1 is 1.00 bits per heavy atom. The zero-order chi connectivity index (χ0) is 20.3. The molecular formula is C21H26N2O4S. The molecule has 0 bridgehead atoms. The lowest BCUT2D eigenvalue weighted by molar-refractivity contribution is -0.139. The third-order valence-corrected chi connectivity index (χ3v) is 6.96. The fourth-order valence-corrected chi connectivity index (χ4v) is 5.02. The van der Waals surface area contributed by atoms with Gasteiger partial charge in [0.2, 0.25) is 10.0 Å². The molecule has 2 aromatic carbocycles. The molecule has 1 heterocycles. The van der Waals surface area contributed by atoms with Crippen LogP contribution in [0.2, 0.25) is 0 Å². The van der Waals surface area contributed by atoms with E-state index in [4.69, 9.17) is 4.74 Å². The number of aryl methyl sites for hydroxylation is 2. The number of benzene rings is 2. The first kappa shape index (κ1) is 20.4. The van der Waals surface area contributed by atoms with E-state index >= 15 is 0 Å². The van der Waals surface area contributed by atoms with Crippen LogP contribution < -0.4 is 4.74 Å². The molecule has 150 valence electrons. The Morgan fingerprint density at radius 3 is 2.25 bits per heavy atom.